The van der Waals surface area contributed by atoms with Gasteiger partial charge in [-0.05, 0) is 11.7 Å². The average molecular weight is 191 g/mol. The lowest BCUT2D eigenvalue weighted by Crippen LogP contribution is -2.27. The van der Waals surface area contributed by atoms with Gasteiger partial charge in [-0.15, -0.1) is 0 Å². The fraction of sp³-hybridized carbons (Fsp3) is 0.857. The molecule has 0 spiro atoms. The van der Waals surface area contributed by atoms with Gasteiger partial charge < -0.3 is 4.90 Å². The first-order valence-corrected chi connectivity index (χ1v) is 5.04. The fourth-order valence-corrected chi connectivity index (χ4v) is 1.80. The van der Waals surface area contributed by atoms with Crippen molar-refractivity contribution in [2.75, 3.05) is 24.6 Å². The summed E-state index contributed by atoms with van der Waals surface area (Å²) in [6.45, 7) is 1.66. The van der Waals surface area contributed by atoms with Crippen molar-refractivity contribution in [1.82, 2.24) is 4.90 Å². The van der Waals surface area contributed by atoms with Gasteiger partial charge in [0.2, 0.25) is 5.91 Å². The molecular weight excluding hydrogens is 178 g/mol. The molecule has 1 aliphatic rings. The molecule has 0 aromatic heterocycles. The van der Waals surface area contributed by atoms with Crippen molar-refractivity contribution in [2.45, 2.75) is 6.42 Å². The summed E-state index contributed by atoms with van der Waals surface area (Å²) in [4.78, 5) is 13.1. The third-order valence-corrected chi connectivity index (χ3v) is 2.64. The first-order valence-electron chi connectivity index (χ1n) is 3.77. The van der Waals surface area contributed by atoms with Crippen molar-refractivity contribution in [3.05, 3.63) is 0 Å². The van der Waals surface area contributed by atoms with Gasteiger partial charge in [-0.25, -0.2) is 0 Å². The Hall–Kier alpha value is 0.170. The minimum atomic E-state index is 0.262. The lowest BCUT2D eigenvalue weighted by Gasteiger charge is -2.13. The predicted octanol–water partition coefficient (Wildman–Crippen LogP) is 0.694. The Labute approximate surface area is 78.2 Å². The van der Waals surface area contributed by atoms with E-state index < -0.39 is 0 Å². The molecule has 0 aliphatic carbocycles. The van der Waals surface area contributed by atoms with Crippen LogP contribution in [0.2, 0.25) is 0 Å². The highest BCUT2D eigenvalue weighted by Gasteiger charge is 2.27. The van der Waals surface area contributed by atoms with E-state index in [2.05, 4.69) is 25.3 Å². The molecular formula is C7H13NOS2. The second kappa shape index (κ2) is 4.26. The zero-order valence-electron chi connectivity index (χ0n) is 6.36. The summed E-state index contributed by atoms with van der Waals surface area (Å²) < 4.78 is 0. The number of nitrogens with zero attached hydrogens (tertiary/aromatic N) is 1. The molecule has 4 heteroatoms. The highest BCUT2D eigenvalue weighted by Crippen LogP contribution is 2.18. The van der Waals surface area contributed by atoms with Gasteiger partial charge >= 0.3 is 0 Å². The van der Waals surface area contributed by atoms with E-state index in [9.17, 15) is 4.79 Å². The van der Waals surface area contributed by atoms with Crippen molar-refractivity contribution in [2.24, 2.45) is 5.92 Å². The molecule has 11 heavy (non-hydrogen) atoms. The zero-order chi connectivity index (χ0) is 8.27. The number of likely N-dealkylation sites (tertiary alicyclic amines) is 1. The van der Waals surface area contributed by atoms with Crippen LogP contribution >= 0.6 is 25.3 Å². The Balaban J connectivity index is 2.38. The highest BCUT2D eigenvalue weighted by molar-refractivity contribution is 7.80. The minimum absolute atomic E-state index is 0.262. The smallest absolute Gasteiger partial charge is 0.222 e. The normalized spacial score (nSPS) is 24.7. The van der Waals surface area contributed by atoms with Crippen LogP contribution in [-0.2, 0) is 4.79 Å². The van der Waals surface area contributed by atoms with Crippen molar-refractivity contribution in [1.29, 1.82) is 0 Å². The Kier molecular flexibility index (Phi) is 3.59. The molecule has 0 bridgehead atoms. The fourth-order valence-electron chi connectivity index (χ4n) is 1.31. The molecule has 0 radical (unpaired) electrons. The number of carbonyl (C=O) groups excluding carboxylic acids is 1. The summed E-state index contributed by atoms with van der Waals surface area (Å²) >= 11 is 8.25. The van der Waals surface area contributed by atoms with E-state index in [0.29, 0.717) is 12.3 Å². The van der Waals surface area contributed by atoms with Gasteiger partial charge in [0.1, 0.15) is 0 Å². The maximum Gasteiger partial charge on any atom is 0.222 e. The molecule has 1 heterocycles. The van der Waals surface area contributed by atoms with Crippen LogP contribution in [0.3, 0.4) is 0 Å². The largest absolute Gasteiger partial charge is 0.342 e. The third-order valence-electron chi connectivity index (χ3n) is 1.92. The summed E-state index contributed by atoms with van der Waals surface area (Å²) in [6, 6.07) is 0. The second-order valence-electron chi connectivity index (χ2n) is 2.82. The van der Waals surface area contributed by atoms with E-state index in [1.165, 1.54) is 0 Å². The average Bonchev–Trinajstić information content (AvgIpc) is 2.33. The summed E-state index contributed by atoms with van der Waals surface area (Å²) in [6.07, 6.45) is 0.678. The molecule has 1 saturated heterocycles. The SMILES string of the molecule is O=C1CC(CS)CN1CCS. The van der Waals surface area contributed by atoms with Gasteiger partial charge in [-0.1, -0.05) is 0 Å². The highest BCUT2D eigenvalue weighted by atomic mass is 32.1. The van der Waals surface area contributed by atoms with Gasteiger partial charge in [-0.3, -0.25) is 4.79 Å². The number of carbonyl (C=O) groups is 1. The molecule has 0 N–H and O–H groups in total. The molecule has 0 saturated carbocycles. The van der Waals surface area contributed by atoms with Gasteiger partial charge in [0.15, 0.2) is 0 Å². The first kappa shape index (κ1) is 9.26. The molecule has 64 valence electrons. The molecule has 1 fully saturated rings. The molecule has 1 unspecified atom stereocenters. The number of amides is 1. The van der Waals surface area contributed by atoms with E-state index in [4.69, 9.17) is 0 Å². The van der Waals surface area contributed by atoms with Crippen molar-refractivity contribution < 1.29 is 4.79 Å². The van der Waals surface area contributed by atoms with Gasteiger partial charge in [0.25, 0.3) is 0 Å². The first-order chi connectivity index (χ1) is 5.27. The third kappa shape index (κ3) is 2.30. The monoisotopic (exact) mass is 191 g/mol. The summed E-state index contributed by atoms with van der Waals surface area (Å²) in [5.74, 6) is 2.30. The second-order valence-corrected chi connectivity index (χ2v) is 3.63. The Morgan fingerprint density at radius 3 is 2.73 bits per heavy atom. The van der Waals surface area contributed by atoms with E-state index in [-0.39, 0.29) is 5.91 Å². The van der Waals surface area contributed by atoms with E-state index in [1.54, 1.807) is 0 Å². The van der Waals surface area contributed by atoms with Crippen molar-refractivity contribution >= 4 is 31.2 Å². The number of rotatable bonds is 3. The van der Waals surface area contributed by atoms with Gasteiger partial charge in [0.05, 0.1) is 0 Å². The Morgan fingerprint density at radius 1 is 1.55 bits per heavy atom. The maximum atomic E-state index is 11.2. The van der Waals surface area contributed by atoms with E-state index >= 15 is 0 Å². The van der Waals surface area contributed by atoms with E-state index in [0.717, 1.165) is 24.6 Å². The molecule has 1 aliphatic heterocycles. The summed E-state index contributed by atoms with van der Waals surface area (Å²) in [5, 5.41) is 0. The lowest BCUT2D eigenvalue weighted by molar-refractivity contribution is -0.127. The van der Waals surface area contributed by atoms with Gasteiger partial charge in [0, 0.05) is 25.3 Å². The molecule has 1 rings (SSSR count). The van der Waals surface area contributed by atoms with E-state index in [1.807, 2.05) is 4.90 Å². The number of hydrogen-bond donors (Lipinski definition) is 2. The van der Waals surface area contributed by atoms with Crippen LogP contribution in [0.15, 0.2) is 0 Å². The van der Waals surface area contributed by atoms with Crippen LogP contribution in [0.25, 0.3) is 0 Å². The number of hydrogen-bond acceptors (Lipinski definition) is 3. The van der Waals surface area contributed by atoms with Crippen molar-refractivity contribution in [3.63, 3.8) is 0 Å². The van der Waals surface area contributed by atoms with Crippen molar-refractivity contribution in [3.8, 4) is 0 Å². The van der Waals surface area contributed by atoms with Crippen LogP contribution in [-0.4, -0.2) is 35.4 Å². The zero-order valence-corrected chi connectivity index (χ0v) is 8.15. The quantitative estimate of drug-likeness (QED) is 0.629. The van der Waals surface area contributed by atoms with Crippen LogP contribution in [0.1, 0.15) is 6.42 Å². The molecule has 0 aromatic rings. The Morgan fingerprint density at radius 2 is 2.27 bits per heavy atom. The van der Waals surface area contributed by atoms with Gasteiger partial charge in [-0.2, -0.15) is 25.3 Å². The topological polar surface area (TPSA) is 20.3 Å². The molecule has 1 amide bonds. The summed E-state index contributed by atoms with van der Waals surface area (Å²) in [5.41, 5.74) is 0. The maximum absolute atomic E-state index is 11.2. The van der Waals surface area contributed by atoms with Crippen LogP contribution in [0, 0.1) is 5.92 Å². The standard InChI is InChI=1S/C7H13NOS2/c9-7-3-6(5-11)4-8(7)1-2-10/h6,10-11H,1-5H2. The lowest BCUT2D eigenvalue weighted by atomic mass is 10.1. The minimum Gasteiger partial charge on any atom is -0.342 e. The molecule has 0 aromatic carbocycles. The Bertz CT molecular complexity index is 151. The van der Waals surface area contributed by atoms with Crippen LogP contribution in [0.4, 0.5) is 0 Å². The predicted molar refractivity (Wildman–Crippen MR) is 52.4 cm³/mol. The van der Waals surface area contributed by atoms with Crippen LogP contribution < -0.4 is 0 Å². The van der Waals surface area contributed by atoms with Crippen LogP contribution in [0.5, 0.6) is 0 Å². The molecule has 1 atom stereocenters. The summed E-state index contributed by atoms with van der Waals surface area (Å²) in [7, 11) is 0. The molecule has 2 nitrogen and oxygen atoms in total. The number of thiol groups is 2.